The highest BCUT2D eigenvalue weighted by Gasteiger charge is 2.60. The van der Waals surface area contributed by atoms with Gasteiger partial charge in [-0.2, -0.15) is 0 Å². The molecule has 3 fully saturated rings. The molecule has 18 heavy (non-hydrogen) atoms. The molecule has 1 heterocycles. The fourth-order valence-corrected chi connectivity index (χ4v) is 4.62. The van der Waals surface area contributed by atoms with E-state index in [2.05, 4.69) is 12.2 Å². The van der Waals surface area contributed by atoms with E-state index >= 15 is 0 Å². The lowest BCUT2D eigenvalue weighted by molar-refractivity contribution is -0.144. The molecule has 3 nitrogen and oxygen atoms in total. The number of hydrogen-bond donors (Lipinski definition) is 0. The summed E-state index contributed by atoms with van der Waals surface area (Å²) in [6, 6.07) is 0.212. The molecule has 1 aliphatic heterocycles. The number of fused-ring (bicyclic) bond motifs is 5. The third kappa shape index (κ3) is 1.25. The molecule has 3 heteroatoms. The largest absolute Gasteiger partial charge is 0.279 e. The van der Waals surface area contributed by atoms with Crippen LogP contribution in [0.4, 0.5) is 0 Å². The molecule has 2 bridgehead atoms. The number of amides is 2. The predicted molar refractivity (Wildman–Crippen MR) is 66.4 cm³/mol. The highest BCUT2D eigenvalue weighted by atomic mass is 16.2. The number of likely N-dealkylation sites (tertiary alicyclic amines) is 1. The van der Waals surface area contributed by atoms with Crippen molar-refractivity contribution in [3.05, 3.63) is 12.2 Å². The summed E-state index contributed by atoms with van der Waals surface area (Å²) in [5, 5.41) is 0. The van der Waals surface area contributed by atoms with E-state index in [1.54, 1.807) is 4.90 Å². The van der Waals surface area contributed by atoms with Crippen LogP contribution in [0.2, 0.25) is 0 Å². The Morgan fingerprint density at radius 3 is 2.00 bits per heavy atom. The van der Waals surface area contributed by atoms with Crippen molar-refractivity contribution in [2.75, 3.05) is 0 Å². The zero-order valence-electron chi connectivity index (χ0n) is 10.5. The van der Waals surface area contributed by atoms with Crippen LogP contribution >= 0.6 is 0 Å². The zero-order valence-corrected chi connectivity index (χ0v) is 10.5. The van der Waals surface area contributed by atoms with Crippen LogP contribution in [0.3, 0.4) is 0 Å². The van der Waals surface area contributed by atoms with Gasteiger partial charge >= 0.3 is 0 Å². The van der Waals surface area contributed by atoms with Gasteiger partial charge in [-0.05, 0) is 31.1 Å². The molecule has 1 unspecified atom stereocenters. The Hall–Kier alpha value is -1.12. The normalized spacial score (nSPS) is 43.0. The van der Waals surface area contributed by atoms with E-state index in [0.29, 0.717) is 11.8 Å². The van der Waals surface area contributed by atoms with Gasteiger partial charge in [0.2, 0.25) is 11.8 Å². The molecule has 4 atom stereocenters. The smallest absolute Gasteiger partial charge is 0.233 e. The molecule has 0 aromatic rings. The second-order valence-corrected chi connectivity index (χ2v) is 6.34. The molecule has 2 amide bonds. The van der Waals surface area contributed by atoms with Crippen molar-refractivity contribution in [3.8, 4) is 0 Å². The van der Waals surface area contributed by atoms with Crippen molar-refractivity contribution in [1.82, 2.24) is 4.90 Å². The number of carbonyl (C=O) groups excluding carboxylic acids is 2. The molecular formula is C15H19NO2. The highest BCUT2D eigenvalue weighted by Crippen LogP contribution is 2.53. The van der Waals surface area contributed by atoms with E-state index < -0.39 is 0 Å². The molecule has 0 aromatic carbocycles. The van der Waals surface area contributed by atoms with Gasteiger partial charge in [0.25, 0.3) is 0 Å². The van der Waals surface area contributed by atoms with Gasteiger partial charge in [0, 0.05) is 6.04 Å². The lowest BCUT2D eigenvalue weighted by Crippen LogP contribution is -2.42. The van der Waals surface area contributed by atoms with Crippen LogP contribution in [0.1, 0.15) is 38.5 Å². The average Bonchev–Trinajstić information content (AvgIpc) is 3.05. The first kappa shape index (κ1) is 10.8. The number of carbonyl (C=O) groups is 2. The van der Waals surface area contributed by atoms with Crippen molar-refractivity contribution >= 4 is 11.8 Å². The zero-order chi connectivity index (χ0) is 12.3. The predicted octanol–water partition coefficient (Wildman–Crippen LogP) is 2.13. The van der Waals surface area contributed by atoms with Crippen LogP contribution in [-0.4, -0.2) is 22.8 Å². The van der Waals surface area contributed by atoms with Gasteiger partial charge in [-0.15, -0.1) is 0 Å². The molecule has 3 aliphatic carbocycles. The Morgan fingerprint density at radius 2 is 1.44 bits per heavy atom. The number of nitrogens with zero attached hydrogens (tertiary/aromatic N) is 1. The molecule has 4 aliphatic rings. The topological polar surface area (TPSA) is 37.4 Å². The number of hydrogen-bond acceptors (Lipinski definition) is 2. The third-order valence-electron chi connectivity index (χ3n) is 5.44. The van der Waals surface area contributed by atoms with Gasteiger partial charge in [-0.25, -0.2) is 0 Å². The van der Waals surface area contributed by atoms with Gasteiger partial charge in [0.1, 0.15) is 0 Å². The lowest BCUT2D eigenvalue weighted by atomic mass is 9.85. The number of imide groups is 1. The van der Waals surface area contributed by atoms with E-state index in [9.17, 15) is 9.59 Å². The first-order valence-corrected chi connectivity index (χ1v) is 7.32. The maximum absolute atomic E-state index is 12.6. The van der Waals surface area contributed by atoms with Crippen LogP contribution in [0.5, 0.6) is 0 Å². The molecule has 0 aromatic heterocycles. The van der Waals surface area contributed by atoms with E-state index in [1.807, 2.05) is 0 Å². The SMILES string of the molecule is O=C1[C@H]2[C@@H]3C=CC(C3)[C@H]2C(=O)N1C1CCCCC1. The molecule has 1 saturated heterocycles. The molecule has 0 spiro atoms. The third-order valence-corrected chi connectivity index (χ3v) is 5.44. The van der Waals surface area contributed by atoms with Gasteiger partial charge in [-0.1, -0.05) is 31.4 Å². The highest BCUT2D eigenvalue weighted by molar-refractivity contribution is 6.06. The van der Waals surface area contributed by atoms with Gasteiger partial charge in [0.15, 0.2) is 0 Å². The van der Waals surface area contributed by atoms with E-state index in [-0.39, 0.29) is 29.7 Å². The minimum absolute atomic E-state index is 0.00516. The summed E-state index contributed by atoms with van der Waals surface area (Å²) in [4.78, 5) is 26.8. The van der Waals surface area contributed by atoms with Crippen molar-refractivity contribution < 1.29 is 9.59 Å². The molecule has 0 radical (unpaired) electrons. The molecule has 2 saturated carbocycles. The monoisotopic (exact) mass is 245 g/mol. The summed E-state index contributed by atoms with van der Waals surface area (Å²) in [7, 11) is 0. The Morgan fingerprint density at radius 1 is 0.889 bits per heavy atom. The summed E-state index contributed by atoms with van der Waals surface area (Å²) in [5.74, 6) is 0.987. The van der Waals surface area contributed by atoms with Crippen LogP contribution in [0, 0.1) is 23.7 Å². The minimum Gasteiger partial charge on any atom is -0.279 e. The van der Waals surface area contributed by atoms with Crippen LogP contribution < -0.4 is 0 Å². The van der Waals surface area contributed by atoms with Crippen molar-refractivity contribution in [2.45, 2.75) is 44.6 Å². The van der Waals surface area contributed by atoms with E-state index in [1.165, 1.54) is 19.3 Å². The summed E-state index contributed by atoms with van der Waals surface area (Å²) in [6.45, 7) is 0. The molecule has 96 valence electrons. The standard InChI is InChI=1S/C15H19NO2/c17-14-12-9-6-7-10(8-9)13(12)15(18)16(14)11-4-2-1-3-5-11/h6-7,9-13H,1-5,8H2/t9-,10?,12+,13-/m1/s1. The van der Waals surface area contributed by atoms with Crippen LogP contribution in [0.25, 0.3) is 0 Å². The number of rotatable bonds is 1. The Bertz CT molecular complexity index is 406. The van der Waals surface area contributed by atoms with Gasteiger partial charge in [-0.3, -0.25) is 14.5 Å². The number of allylic oxidation sites excluding steroid dienone is 2. The maximum atomic E-state index is 12.6. The Kier molecular flexibility index (Phi) is 2.21. The fraction of sp³-hybridized carbons (Fsp3) is 0.733. The van der Waals surface area contributed by atoms with E-state index in [4.69, 9.17) is 0 Å². The molecule has 4 rings (SSSR count). The quantitative estimate of drug-likeness (QED) is 0.524. The van der Waals surface area contributed by atoms with Crippen molar-refractivity contribution in [1.29, 1.82) is 0 Å². The van der Waals surface area contributed by atoms with Crippen LogP contribution in [0.15, 0.2) is 12.2 Å². The van der Waals surface area contributed by atoms with Crippen molar-refractivity contribution in [2.24, 2.45) is 23.7 Å². The van der Waals surface area contributed by atoms with Crippen molar-refractivity contribution in [3.63, 3.8) is 0 Å². The van der Waals surface area contributed by atoms with Crippen LogP contribution in [-0.2, 0) is 9.59 Å². The molecule has 0 N–H and O–H groups in total. The minimum atomic E-state index is -0.00516. The van der Waals surface area contributed by atoms with Gasteiger partial charge < -0.3 is 0 Å². The fourth-order valence-electron chi connectivity index (χ4n) is 4.62. The summed E-state index contributed by atoms with van der Waals surface area (Å²) >= 11 is 0. The second-order valence-electron chi connectivity index (χ2n) is 6.34. The first-order chi connectivity index (χ1) is 8.77. The first-order valence-electron chi connectivity index (χ1n) is 7.32. The lowest BCUT2D eigenvalue weighted by Gasteiger charge is -2.30. The van der Waals surface area contributed by atoms with Gasteiger partial charge in [0.05, 0.1) is 11.8 Å². The molecular weight excluding hydrogens is 226 g/mol. The van der Waals surface area contributed by atoms with E-state index in [0.717, 1.165) is 19.3 Å². The summed E-state index contributed by atoms with van der Waals surface area (Å²) < 4.78 is 0. The Balaban J connectivity index is 1.63. The summed E-state index contributed by atoms with van der Waals surface area (Å²) in [6.07, 6.45) is 11.0. The Labute approximate surface area is 107 Å². The maximum Gasteiger partial charge on any atom is 0.233 e. The second kappa shape index (κ2) is 3.69. The summed E-state index contributed by atoms with van der Waals surface area (Å²) in [5.41, 5.74) is 0. The average molecular weight is 245 g/mol.